The van der Waals surface area contributed by atoms with Gasteiger partial charge in [0.1, 0.15) is 30.0 Å². The second-order valence-electron chi connectivity index (χ2n) is 9.37. The highest BCUT2D eigenvalue weighted by Crippen LogP contribution is 2.61. The first-order valence-corrected chi connectivity index (χ1v) is 15.3. The fourth-order valence-electron chi connectivity index (χ4n) is 4.45. The third-order valence-corrected chi connectivity index (χ3v) is 10.6. The molecule has 7 atom stereocenters. The summed E-state index contributed by atoms with van der Waals surface area (Å²) in [4.78, 5) is 25.0. The number of imidazole rings is 1. The van der Waals surface area contributed by atoms with Crippen LogP contribution in [0.2, 0.25) is 0 Å². The number of carbonyl (C=O) groups is 1. The Morgan fingerprint density at radius 3 is 2.85 bits per heavy atom. The number of nitrogens with zero attached hydrogens (tertiary/aromatic N) is 4. The number of nitrogens with two attached hydrogens (primary N) is 1. The molecule has 0 spiro atoms. The summed E-state index contributed by atoms with van der Waals surface area (Å²) in [5, 5.41) is 24.7. The van der Waals surface area contributed by atoms with Crippen molar-refractivity contribution in [2.75, 3.05) is 25.2 Å². The van der Waals surface area contributed by atoms with E-state index in [1.54, 1.807) is 6.92 Å². The minimum absolute atomic E-state index is 0.0761. The summed E-state index contributed by atoms with van der Waals surface area (Å²) in [5.41, 5.74) is 5.33. The molecule has 1 aromatic carbocycles. The molecule has 0 amide bonds. The number of aliphatic hydroxyl groups excluding tert-OH is 1. The number of methoxy groups -OCH3 is 1. The van der Waals surface area contributed by atoms with Crippen LogP contribution in [-0.4, -0.2) is 79.0 Å². The van der Waals surface area contributed by atoms with Gasteiger partial charge in [-0.1, -0.05) is 41.7 Å². The minimum Gasteiger partial charge on any atom is -0.479 e. The largest absolute Gasteiger partial charge is 0.479 e. The van der Waals surface area contributed by atoms with Crippen LogP contribution >= 0.6 is 18.1 Å². The van der Waals surface area contributed by atoms with Crippen molar-refractivity contribution < 1.29 is 38.3 Å². The third-order valence-electron chi connectivity index (χ3n) is 6.59. The Morgan fingerprint density at radius 2 is 2.13 bits per heavy atom. The topological polar surface area (TPSA) is 193 Å². The number of nitrogen functional groups attached to an aromatic ring is 1. The highest BCUT2D eigenvalue weighted by atomic mass is 32.7. The zero-order valence-corrected chi connectivity index (χ0v) is 23.0. The number of ether oxygens (including phenoxy) is 3. The Hall–Kier alpha value is -2.78. The first kappa shape index (κ1) is 27.8. The summed E-state index contributed by atoms with van der Waals surface area (Å²) in [6.45, 7) is -0.719. The molecule has 2 aromatic heterocycles. The van der Waals surface area contributed by atoms with Crippen molar-refractivity contribution >= 4 is 41.2 Å². The third kappa shape index (κ3) is 5.35. The molecule has 0 unspecified atom stereocenters. The second kappa shape index (κ2) is 10.7. The normalized spacial score (nSPS) is 31.4. The van der Waals surface area contributed by atoms with E-state index in [0.717, 1.165) is 16.9 Å². The molecule has 0 aliphatic carbocycles. The highest BCUT2D eigenvalue weighted by molar-refractivity contribution is 8.56. The number of hydrogen-bond acceptors (Lipinski definition) is 13. The number of fused-ring (bicyclic) bond motifs is 1. The van der Waals surface area contributed by atoms with Crippen LogP contribution in [0.4, 0.5) is 5.95 Å². The molecule has 2 fully saturated rings. The van der Waals surface area contributed by atoms with Crippen LogP contribution in [0.15, 0.2) is 36.7 Å². The smallest absolute Gasteiger partial charge is 0.327 e. The van der Waals surface area contributed by atoms with E-state index >= 15 is 0 Å². The van der Waals surface area contributed by atoms with Gasteiger partial charge in [0.05, 0.1) is 20.0 Å². The van der Waals surface area contributed by atoms with Gasteiger partial charge in [-0.3, -0.25) is 13.9 Å². The predicted molar refractivity (Wildman–Crippen MR) is 141 cm³/mol. The SMILES string of the molecule is COc1nc(N)nc2c1ncn2[C@@H]1O[C@H](CO[P@]2(=O)N[C@@H](C(=O)O[C@H](C)c3ccccc3)CS2)[C@@H](O)[C@@]1(C)O. The van der Waals surface area contributed by atoms with Gasteiger partial charge in [-0.05, 0) is 19.4 Å². The lowest BCUT2D eigenvalue weighted by molar-refractivity contribution is -0.150. The van der Waals surface area contributed by atoms with Gasteiger partial charge in [0.2, 0.25) is 11.8 Å². The maximum Gasteiger partial charge on any atom is 0.327 e. The lowest BCUT2D eigenvalue weighted by Gasteiger charge is -2.27. The molecule has 0 radical (unpaired) electrons. The van der Waals surface area contributed by atoms with E-state index in [2.05, 4.69) is 20.0 Å². The molecule has 5 N–H and O–H groups in total. The summed E-state index contributed by atoms with van der Waals surface area (Å²) in [6, 6.07) is 8.43. The Bertz CT molecular complexity index is 1410. The van der Waals surface area contributed by atoms with Crippen molar-refractivity contribution in [1.29, 1.82) is 0 Å². The van der Waals surface area contributed by atoms with Gasteiger partial charge >= 0.3 is 12.7 Å². The van der Waals surface area contributed by atoms with Gasteiger partial charge < -0.3 is 34.7 Å². The molecule has 2 saturated heterocycles. The van der Waals surface area contributed by atoms with E-state index in [1.807, 2.05) is 30.3 Å². The fraction of sp³-hybridized carbons (Fsp3) is 0.478. The standard InChI is InChI=1S/C23H29N6O8PS/c1-12(13-7-5-4-6-8-13)36-20(31)14-10-39-38(33,28-14)35-9-15-17(30)23(2,32)21(37-15)29-11-25-16-18(29)26-22(24)27-19(16)34-3/h4-8,11-12,14-15,17,21,30,32H,9-10H2,1-3H3,(H,28,33)(H2,24,26,27)/t12-,14-,15-,17-,21-,23-,38-/m1/s1. The average molecular weight is 581 g/mol. The molecule has 0 saturated carbocycles. The number of aromatic nitrogens is 4. The molecule has 2 aliphatic rings. The van der Waals surface area contributed by atoms with E-state index in [-0.39, 0.29) is 35.4 Å². The Kier molecular flexibility index (Phi) is 7.59. The van der Waals surface area contributed by atoms with E-state index in [0.29, 0.717) is 0 Å². The monoisotopic (exact) mass is 580 g/mol. The number of aliphatic hydroxyl groups is 2. The number of carbonyl (C=O) groups excluding carboxylic acids is 1. The first-order chi connectivity index (χ1) is 18.5. The van der Waals surface area contributed by atoms with Gasteiger partial charge in [-0.25, -0.2) is 10.1 Å². The van der Waals surface area contributed by atoms with Crippen LogP contribution in [0, 0.1) is 0 Å². The zero-order chi connectivity index (χ0) is 27.9. The van der Waals surface area contributed by atoms with Crippen LogP contribution in [0.5, 0.6) is 5.88 Å². The number of benzene rings is 1. The van der Waals surface area contributed by atoms with Crippen molar-refractivity contribution in [2.45, 2.75) is 50.0 Å². The molecule has 2 aliphatic heterocycles. The first-order valence-electron chi connectivity index (χ1n) is 12.0. The number of anilines is 1. The van der Waals surface area contributed by atoms with Crippen LogP contribution in [0.1, 0.15) is 31.7 Å². The van der Waals surface area contributed by atoms with E-state index in [4.69, 9.17) is 24.5 Å². The van der Waals surface area contributed by atoms with E-state index in [9.17, 15) is 19.6 Å². The molecule has 3 aromatic rings. The lowest BCUT2D eigenvalue weighted by Crippen LogP contribution is -2.44. The zero-order valence-electron chi connectivity index (χ0n) is 21.3. The maximum atomic E-state index is 13.3. The number of nitrogens with one attached hydrogen (secondary N) is 1. The molecule has 5 rings (SSSR count). The summed E-state index contributed by atoms with van der Waals surface area (Å²) in [6.07, 6.45) is -2.75. The van der Waals surface area contributed by atoms with Crippen LogP contribution in [-0.2, 0) is 23.4 Å². The average Bonchev–Trinajstić information content (AvgIpc) is 3.57. The van der Waals surface area contributed by atoms with Crippen molar-refractivity contribution in [3.05, 3.63) is 42.2 Å². The predicted octanol–water partition coefficient (Wildman–Crippen LogP) is 1.56. The van der Waals surface area contributed by atoms with Crippen LogP contribution in [0.3, 0.4) is 0 Å². The molecule has 39 heavy (non-hydrogen) atoms. The van der Waals surface area contributed by atoms with Crippen molar-refractivity contribution in [2.24, 2.45) is 0 Å². The number of hydrogen-bond donors (Lipinski definition) is 4. The van der Waals surface area contributed by atoms with Gasteiger partial charge in [-0.15, -0.1) is 0 Å². The fourth-order valence-corrected chi connectivity index (χ4v) is 8.33. The highest BCUT2D eigenvalue weighted by Gasteiger charge is 2.54. The van der Waals surface area contributed by atoms with Crippen molar-refractivity contribution in [3.8, 4) is 5.88 Å². The van der Waals surface area contributed by atoms with Gasteiger partial charge in [-0.2, -0.15) is 9.97 Å². The van der Waals surface area contributed by atoms with Crippen LogP contribution in [0.25, 0.3) is 11.2 Å². The summed E-state index contributed by atoms with van der Waals surface area (Å²) in [5.74, 6) is -0.310. The molecule has 0 bridgehead atoms. The minimum atomic E-state index is -3.53. The number of esters is 1. The van der Waals surface area contributed by atoms with Crippen molar-refractivity contribution in [1.82, 2.24) is 24.6 Å². The maximum absolute atomic E-state index is 13.3. The molecule has 16 heteroatoms. The van der Waals surface area contributed by atoms with Crippen molar-refractivity contribution in [3.63, 3.8) is 0 Å². The molecular weight excluding hydrogens is 551 g/mol. The quantitative estimate of drug-likeness (QED) is 0.221. The number of rotatable bonds is 8. The Balaban J connectivity index is 1.23. The lowest BCUT2D eigenvalue weighted by atomic mass is 9.96. The van der Waals surface area contributed by atoms with Gasteiger partial charge in [0, 0.05) is 5.75 Å². The van der Waals surface area contributed by atoms with Crippen LogP contribution < -0.4 is 15.6 Å². The summed E-state index contributed by atoms with van der Waals surface area (Å²) < 4.78 is 37.0. The van der Waals surface area contributed by atoms with Gasteiger partial charge in [0.15, 0.2) is 17.4 Å². The summed E-state index contributed by atoms with van der Waals surface area (Å²) >= 11 is 0.956. The Labute approximate surface area is 227 Å². The molecular formula is C23H29N6O8PS. The second-order valence-corrected chi connectivity index (χ2v) is 13.7. The molecule has 4 heterocycles. The Morgan fingerprint density at radius 1 is 1.38 bits per heavy atom. The molecule has 14 nitrogen and oxygen atoms in total. The molecule has 210 valence electrons. The van der Waals surface area contributed by atoms with E-state index < -0.39 is 48.9 Å². The van der Waals surface area contributed by atoms with E-state index in [1.165, 1.54) is 24.9 Å². The van der Waals surface area contributed by atoms with Gasteiger partial charge in [0.25, 0.3) is 0 Å². The summed E-state index contributed by atoms with van der Waals surface area (Å²) in [7, 11) is 1.41.